The Hall–Kier alpha value is -1.33. The first-order valence-corrected chi connectivity index (χ1v) is 4.62. The van der Waals surface area contributed by atoms with Gasteiger partial charge in [-0.25, -0.2) is 4.98 Å². The lowest BCUT2D eigenvalue weighted by molar-refractivity contribution is 1.31. The van der Waals surface area contributed by atoms with Crippen molar-refractivity contribution in [2.45, 2.75) is 0 Å². The summed E-state index contributed by atoms with van der Waals surface area (Å²) in [6.45, 7) is 0. The summed E-state index contributed by atoms with van der Waals surface area (Å²) in [6.07, 6.45) is 7.07. The molecule has 13 heavy (non-hydrogen) atoms. The van der Waals surface area contributed by atoms with Gasteiger partial charge in [0.1, 0.15) is 5.69 Å². The first-order chi connectivity index (χ1) is 6.33. The van der Waals surface area contributed by atoms with Crippen molar-refractivity contribution in [3.05, 3.63) is 40.6 Å². The van der Waals surface area contributed by atoms with E-state index in [-0.39, 0.29) is 0 Å². The number of pyridine rings is 1. The van der Waals surface area contributed by atoms with Gasteiger partial charge in [-0.3, -0.25) is 0 Å². The molecule has 0 aliphatic rings. The molecule has 0 fully saturated rings. The molecule has 0 saturated carbocycles. The predicted molar refractivity (Wildman–Crippen MR) is 57.4 cm³/mol. The van der Waals surface area contributed by atoms with Gasteiger partial charge in [0.25, 0.3) is 0 Å². The molecule has 1 aromatic carbocycles. The second-order valence-corrected chi connectivity index (χ2v) is 3.50. The Bertz CT molecular complexity index is 497. The molecule has 1 heterocycles. The Morgan fingerprint density at radius 2 is 1.92 bits per heavy atom. The Kier molecular flexibility index (Phi) is 2.03. The Balaban J connectivity index is 2.95. The molecule has 0 saturated heterocycles. The highest BCUT2D eigenvalue weighted by molar-refractivity contribution is 9.10. The fraction of sp³-hybridized carbons (Fsp3) is 0. The predicted octanol–water partition coefficient (Wildman–Crippen LogP) is 2.98. The molecule has 0 aliphatic heterocycles. The van der Waals surface area contributed by atoms with Crippen LogP contribution in [0.4, 0.5) is 0 Å². The summed E-state index contributed by atoms with van der Waals surface area (Å²) < 4.78 is 0.974. The van der Waals surface area contributed by atoms with Crippen LogP contribution in [0.1, 0.15) is 5.69 Å². The van der Waals surface area contributed by atoms with E-state index in [0.29, 0.717) is 5.69 Å². The number of hydrogen-bond donors (Lipinski definition) is 0. The molecule has 0 spiro atoms. The minimum atomic E-state index is 0.693. The fourth-order valence-electron chi connectivity index (χ4n) is 1.27. The highest BCUT2D eigenvalue weighted by Gasteiger charge is 2.01. The molecule has 0 N–H and O–H groups in total. The van der Waals surface area contributed by atoms with E-state index in [1.54, 1.807) is 6.20 Å². The first-order valence-electron chi connectivity index (χ1n) is 3.83. The molecule has 0 unspecified atom stereocenters. The average Bonchev–Trinajstić information content (AvgIpc) is 2.19. The zero-order valence-electron chi connectivity index (χ0n) is 6.79. The van der Waals surface area contributed by atoms with Crippen molar-refractivity contribution in [2.24, 2.45) is 0 Å². The van der Waals surface area contributed by atoms with Gasteiger partial charge in [-0.15, -0.1) is 6.42 Å². The van der Waals surface area contributed by atoms with E-state index >= 15 is 0 Å². The van der Waals surface area contributed by atoms with Crippen LogP contribution in [0.5, 0.6) is 0 Å². The van der Waals surface area contributed by atoms with Crippen LogP contribution in [-0.4, -0.2) is 4.98 Å². The summed E-state index contributed by atoms with van der Waals surface area (Å²) in [6, 6.07) is 7.93. The number of nitrogens with zero attached hydrogens (tertiary/aromatic N) is 1. The van der Waals surface area contributed by atoms with Gasteiger partial charge in [-0.1, -0.05) is 24.3 Å². The van der Waals surface area contributed by atoms with E-state index in [1.807, 2.05) is 24.3 Å². The molecule has 2 aromatic rings. The second-order valence-electron chi connectivity index (χ2n) is 2.64. The minimum absolute atomic E-state index is 0.693. The maximum atomic E-state index is 5.34. The lowest BCUT2D eigenvalue weighted by Crippen LogP contribution is -1.85. The van der Waals surface area contributed by atoms with Crippen LogP contribution >= 0.6 is 15.9 Å². The summed E-state index contributed by atoms with van der Waals surface area (Å²) in [5.74, 6) is 2.57. The number of fused-ring (bicyclic) bond motifs is 1. The van der Waals surface area contributed by atoms with Crippen LogP contribution in [0.25, 0.3) is 10.8 Å². The van der Waals surface area contributed by atoms with Gasteiger partial charge < -0.3 is 0 Å². The number of benzene rings is 1. The molecule has 0 bridgehead atoms. The summed E-state index contributed by atoms with van der Waals surface area (Å²) in [5, 5.41) is 2.12. The monoisotopic (exact) mass is 231 g/mol. The third-order valence-corrected chi connectivity index (χ3v) is 2.52. The maximum Gasteiger partial charge on any atom is 0.120 e. The third kappa shape index (κ3) is 1.32. The standard InChI is InChI=1S/C11H6BrN/c1-2-11-9-6-4-3-5-8(9)10(12)7-13-11/h1,3-7H. The van der Waals surface area contributed by atoms with Gasteiger partial charge >= 0.3 is 0 Å². The molecule has 1 nitrogen and oxygen atoms in total. The SMILES string of the molecule is C#Cc1ncc(Br)c2ccccc12. The zero-order chi connectivity index (χ0) is 9.26. The lowest BCUT2D eigenvalue weighted by Gasteiger charge is -2.01. The number of aromatic nitrogens is 1. The second kappa shape index (κ2) is 3.20. The normalized spacial score (nSPS) is 9.85. The van der Waals surface area contributed by atoms with Crippen LogP contribution in [0.15, 0.2) is 34.9 Å². The van der Waals surface area contributed by atoms with Crippen molar-refractivity contribution in [1.82, 2.24) is 4.98 Å². The van der Waals surface area contributed by atoms with Crippen molar-refractivity contribution >= 4 is 26.7 Å². The van der Waals surface area contributed by atoms with Crippen LogP contribution in [0, 0.1) is 12.3 Å². The van der Waals surface area contributed by atoms with E-state index < -0.39 is 0 Å². The molecular formula is C11H6BrN. The van der Waals surface area contributed by atoms with Crippen LogP contribution in [0.3, 0.4) is 0 Å². The van der Waals surface area contributed by atoms with Gasteiger partial charge in [0.15, 0.2) is 0 Å². The number of rotatable bonds is 0. The molecule has 62 valence electrons. The van der Waals surface area contributed by atoms with Crippen molar-refractivity contribution in [3.63, 3.8) is 0 Å². The Morgan fingerprint density at radius 1 is 1.23 bits per heavy atom. The number of hydrogen-bond acceptors (Lipinski definition) is 1. The van der Waals surface area contributed by atoms with Gasteiger partial charge in [0, 0.05) is 21.4 Å². The molecule has 0 amide bonds. The fourth-order valence-corrected chi connectivity index (χ4v) is 1.72. The summed E-state index contributed by atoms with van der Waals surface area (Å²) in [4.78, 5) is 4.14. The molecule has 2 heteroatoms. The van der Waals surface area contributed by atoms with Crippen molar-refractivity contribution in [1.29, 1.82) is 0 Å². The van der Waals surface area contributed by atoms with E-state index in [9.17, 15) is 0 Å². The largest absolute Gasteiger partial charge is 0.246 e. The molecular weight excluding hydrogens is 226 g/mol. The molecule has 1 aromatic heterocycles. The van der Waals surface area contributed by atoms with Gasteiger partial charge in [0.2, 0.25) is 0 Å². The van der Waals surface area contributed by atoms with Crippen molar-refractivity contribution < 1.29 is 0 Å². The van der Waals surface area contributed by atoms with E-state index in [4.69, 9.17) is 6.42 Å². The average molecular weight is 232 g/mol. The zero-order valence-corrected chi connectivity index (χ0v) is 8.38. The highest BCUT2D eigenvalue weighted by Crippen LogP contribution is 2.24. The topological polar surface area (TPSA) is 12.9 Å². The van der Waals surface area contributed by atoms with Gasteiger partial charge in [0.05, 0.1) is 0 Å². The smallest absolute Gasteiger partial charge is 0.120 e. The van der Waals surface area contributed by atoms with E-state index in [0.717, 1.165) is 15.2 Å². The van der Waals surface area contributed by atoms with Gasteiger partial charge in [-0.2, -0.15) is 0 Å². The molecule has 0 atom stereocenters. The highest BCUT2D eigenvalue weighted by atomic mass is 79.9. The summed E-state index contributed by atoms with van der Waals surface area (Å²) in [5.41, 5.74) is 0.693. The third-order valence-electron chi connectivity index (χ3n) is 1.88. The Morgan fingerprint density at radius 3 is 2.62 bits per heavy atom. The summed E-state index contributed by atoms with van der Waals surface area (Å²) in [7, 11) is 0. The van der Waals surface area contributed by atoms with Crippen molar-refractivity contribution in [2.75, 3.05) is 0 Å². The van der Waals surface area contributed by atoms with Gasteiger partial charge in [-0.05, 0) is 21.9 Å². The minimum Gasteiger partial charge on any atom is -0.246 e. The quantitative estimate of drug-likeness (QED) is 0.636. The Labute approximate surface area is 84.9 Å². The van der Waals surface area contributed by atoms with Crippen LogP contribution in [-0.2, 0) is 0 Å². The summed E-state index contributed by atoms with van der Waals surface area (Å²) >= 11 is 3.43. The molecule has 0 radical (unpaired) electrons. The number of halogens is 1. The molecule has 0 aliphatic carbocycles. The van der Waals surface area contributed by atoms with E-state index in [2.05, 4.69) is 26.8 Å². The van der Waals surface area contributed by atoms with Crippen LogP contribution < -0.4 is 0 Å². The van der Waals surface area contributed by atoms with Crippen molar-refractivity contribution in [3.8, 4) is 12.3 Å². The lowest BCUT2D eigenvalue weighted by atomic mass is 10.1. The first kappa shape index (κ1) is 8.28. The van der Waals surface area contributed by atoms with Crippen LogP contribution in [0.2, 0.25) is 0 Å². The number of terminal acetylenes is 1. The van der Waals surface area contributed by atoms with E-state index in [1.165, 1.54) is 0 Å². The molecule has 2 rings (SSSR count). The maximum absolute atomic E-state index is 5.34.